The van der Waals surface area contributed by atoms with Crippen molar-refractivity contribution >= 4 is 17.5 Å². The molecular formula is C10H12ClN3O2. The van der Waals surface area contributed by atoms with Crippen LogP contribution >= 0.6 is 11.6 Å². The minimum atomic E-state index is -0.291. The van der Waals surface area contributed by atoms with E-state index in [1.165, 1.54) is 0 Å². The molecule has 0 bridgehead atoms. The second-order valence-corrected chi connectivity index (χ2v) is 4.15. The van der Waals surface area contributed by atoms with E-state index in [0.29, 0.717) is 31.6 Å². The summed E-state index contributed by atoms with van der Waals surface area (Å²) < 4.78 is 0. The van der Waals surface area contributed by atoms with E-state index in [0.717, 1.165) is 0 Å². The van der Waals surface area contributed by atoms with Crippen molar-refractivity contribution in [3.8, 4) is 0 Å². The third-order valence-corrected chi connectivity index (χ3v) is 2.80. The summed E-state index contributed by atoms with van der Waals surface area (Å²) in [5.74, 6) is -0.156. The summed E-state index contributed by atoms with van der Waals surface area (Å²) in [4.78, 5) is 13.6. The molecule has 16 heavy (non-hydrogen) atoms. The van der Waals surface area contributed by atoms with Gasteiger partial charge in [0.15, 0.2) is 10.8 Å². The summed E-state index contributed by atoms with van der Waals surface area (Å²) in [5, 5.41) is 17.0. The lowest BCUT2D eigenvalue weighted by atomic mass is 10.1. The number of likely N-dealkylation sites (tertiary alicyclic amines) is 1. The Morgan fingerprint density at radius 1 is 1.38 bits per heavy atom. The molecule has 0 aliphatic carbocycles. The predicted molar refractivity (Wildman–Crippen MR) is 58.2 cm³/mol. The molecule has 1 N–H and O–H groups in total. The fraction of sp³-hybridized carbons (Fsp3) is 0.500. The van der Waals surface area contributed by atoms with Gasteiger partial charge in [-0.2, -0.15) is 0 Å². The van der Waals surface area contributed by atoms with Gasteiger partial charge >= 0.3 is 0 Å². The zero-order valence-electron chi connectivity index (χ0n) is 8.64. The molecule has 86 valence electrons. The van der Waals surface area contributed by atoms with Gasteiger partial charge in [0.2, 0.25) is 0 Å². The van der Waals surface area contributed by atoms with Gasteiger partial charge in [-0.15, -0.1) is 10.2 Å². The molecule has 1 aromatic rings. The Labute approximate surface area is 98.0 Å². The maximum atomic E-state index is 11.9. The maximum Gasteiger partial charge on any atom is 0.274 e. The second-order valence-electron chi connectivity index (χ2n) is 3.76. The van der Waals surface area contributed by atoms with Gasteiger partial charge in [-0.05, 0) is 25.0 Å². The van der Waals surface area contributed by atoms with Crippen molar-refractivity contribution in [2.75, 3.05) is 13.1 Å². The van der Waals surface area contributed by atoms with Crippen molar-refractivity contribution in [3.63, 3.8) is 0 Å². The Hall–Kier alpha value is -1.20. The number of aromatic nitrogens is 2. The minimum Gasteiger partial charge on any atom is -0.393 e. The fourth-order valence-corrected chi connectivity index (χ4v) is 1.76. The first-order valence-corrected chi connectivity index (χ1v) is 5.51. The van der Waals surface area contributed by atoms with Crippen molar-refractivity contribution in [2.45, 2.75) is 18.9 Å². The highest BCUT2D eigenvalue weighted by Crippen LogP contribution is 2.13. The van der Waals surface area contributed by atoms with Crippen LogP contribution in [-0.4, -0.2) is 45.3 Å². The Bertz CT molecular complexity index is 374. The van der Waals surface area contributed by atoms with Gasteiger partial charge in [0.25, 0.3) is 5.91 Å². The number of nitrogens with zero attached hydrogens (tertiary/aromatic N) is 3. The van der Waals surface area contributed by atoms with Crippen LogP contribution in [0, 0.1) is 0 Å². The Kier molecular flexibility index (Phi) is 3.36. The molecule has 0 atom stereocenters. The van der Waals surface area contributed by atoms with E-state index in [1.54, 1.807) is 17.0 Å². The monoisotopic (exact) mass is 241 g/mol. The molecule has 2 rings (SSSR count). The van der Waals surface area contributed by atoms with Crippen LogP contribution < -0.4 is 0 Å². The first-order valence-electron chi connectivity index (χ1n) is 5.13. The highest BCUT2D eigenvalue weighted by Gasteiger charge is 2.23. The van der Waals surface area contributed by atoms with Gasteiger partial charge in [0.05, 0.1) is 6.10 Å². The normalized spacial score (nSPS) is 17.5. The van der Waals surface area contributed by atoms with E-state index >= 15 is 0 Å². The topological polar surface area (TPSA) is 66.3 Å². The van der Waals surface area contributed by atoms with E-state index in [4.69, 9.17) is 11.6 Å². The van der Waals surface area contributed by atoms with Crippen LogP contribution in [0.15, 0.2) is 12.1 Å². The second kappa shape index (κ2) is 4.76. The summed E-state index contributed by atoms with van der Waals surface area (Å²) in [6.45, 7) is 1.12. The van der Waals surface area contributed by atoms with Crippen molar-refractivity contribution < 1.29 is 9.90 Å². The third kappa shape index (κ3) is 2.48. The average Bonchev–Trinajstić information content (AvgIpc) is 2.30. The lowest BCUT2D eigenvalue weighted by Crippen LogP contribution is -2.40. The van der Waals surface area contributed by atoms with Gasteiger partial charge in [0, 0.05) is 13.1 Å². The average molecular weight is 242 g/mol. The number of aliphatic hydroxyl groups is 1. The van der Waals surface area contributed by atoms with E-state index in [9.17, 15) is 9.90 Å². The fourth-order valence-electron chi connectivity index (χ4n) is 1.66. The summed E-state index contributed by atoms with van der Waals surface area (Å²) in [6.07, 6.45) is 0.944. The molecule has 1 aliphatic rings. The number of amides is 1. The van der Waals surface area contributed by atoms with E-state index in [1.807, 2.05) is 0 Å². The zero-order chi connectivity index (χ0) is 11.5. The zero-order valence-corrected chi connectivity index (χ0v) is 9.39. The Morgan fingerprint density at radius 2 is 2.06 bits per heavy atom. The molecule has 2 heterocycles. The Balaban J connectivity index is 2.05. The lowest BCUT2D eigenvalue weighted by Gasteiger charge is -2.29. The minimum absolute atomic E-state index is 0.156. The number of hydrogen-bond donors (Lipinski definition) is 1. The smallest absolute Gasteiger partial charge is 0.274 e. The van der Waals surface area contributed by atoms with Gasteiger partial charge < -0.3 is 10.0 Å². The molecule has 1 fully saturated rings. The number of rotatable bonds is 1. The molecule has 1 aromatic heterocycles. The van der Waals surface area contributed by atoms with Crippen LogP contribution in [-0.2, 0) is 0 Å². The molecule has 6 heteroatoms. The lowest BCUT2D eigenvalue weighted by molar-refractivity contribution is 0.0540. The first-order chi connectivity index (χ1) is 7.66. The molecule has 1 amide bonds. The van der Waals surface area contributed by atoms with Gasteiger partial charge in [-0.3, -0.25) is 4.79 Å². The van der Waals surface area contributed by atoms with Crippen LogP contribution in [0.1, 0.15) is 23.3 Å². The largest absolute Gasteiger partial charge is 0.393 e. The molecule has 5 nitrogen and oxygen atoms in total. The van der Waals surface area contributed by atoms with Crippen LogP contribution in [0.2, 0.25) is 5.15 Å². The number of carbonyl (C=O) groups is 1. The van der Waals surface area contributed by atoms with E-state index < -0.39 is 0 Å². The highest BCUT2D eigenvalue weighted by atomic mass is 35.5. The van der Waals surface area contributed by atoms with Gasteiger partial charge in [-0.1, -0.05) is 11.6 Å². The third-order valence-electron chi connectivity index (χ3n) is 2.60. The van der Waals surface area contributed by atoms with E-state index in [2.05, 4.69) is 10.2 Å². The van der Waals surface area contributed by atoms with Crippen molar-refractivity contribution in [2.24, 2.45) is 0 Å². The van der Waals surface area contributed by atoms with Crippen molar-refractivity contribution in [1.82, 2.24) is 15.1 Å². The van der Waals surface area contributed by atoms with E-state index in [-0.39, 0.29) is 17.2 Å². The standard InChI is InChI=1S/C10H12ClN3O2/c11-9-2-1-8(12-13-9)10(16)14-5-3-7(15)4-6-14/h1-2,7,15H,3-6H2. The summed E-state index contributed by atoms with van der Waals surface area (Å²) >= 11 is 5.59. The van der Waals surface area contributed by atoms with Crippen LogP contribution in [0.25, 0.3) is 0 Å². The van der Waals surface area contributed by atoms with Gasteiger partial charge in [0.1, 0.15) is 0 Å². The molecule has 1 saturated heterocycles. The highest BCUT2D eigenvalue weighted by molar-refractivity contribution is 6.29. The van der Waals surface area contributed by atoms with Crippen molar-refractivity contribution in [1.29, 1.82) is 0 Å². The molecule has 0 aromatic carbocycles. The van der Waals surface area contributed by atoms with Gasteiger partial charge in [-0.25, -0.2) is 0 Å². The summed E-state index contributed by atoms with van der Waals surface area (Å²) in [7, 11) is 0. The number of piperidine rings is 1. The molecular weight excluding hydrogens is 230 g/mol. The van der Waals surface area contributed by atoms with Crippen LogP contribution in [0.4, 0.5) is 0 Å². The molecule has 0 radical (unpaired) electrons. The predicted octanol–water partition coefficient (Wildman–Crippen LogP) is 0.727. The quantitative estimate of drug-likeness (QED) is 0.787. The number of hydrogen-bond acceptors (Lipinski definition) is 4. The molecule has 0 unspecified atom stereocenters. The molecule has 1 aliphatic heterocycles. The van der Waals surface area contributed by atoms with Crippen molar-refractivity contribution in [3.05, 3.63) is 23.0 Å². The number of aliphatic hydroxyl groups excluding tert-OH is 1. The van der Waals surface area contributed by atoms with Crippen LogP contribution in [0.5, 0.6) is 0 Å². The maximum absolute atomic E-state index is 11.9. The first kappa shape index (κ1) is 11.3. The summed E-state index contributed by atoms with van der Waals surface area (Å²) in [6, 6.07) is 3.10. The Morgan fingerprint density at radius 3 is 2.62 bits per heavy atom. The SMILES string of the molecule is O=C(c1ccc(Cl)nn1)N1CCC(O)CC1. The van der Waals surface area contributed by atoms with Crippen LogP contribution in [0.3, 0.4) is 0 Å². The molecule has 0 spiro atoms. The summed E-state index contributed by atoms with van der Waals surface area (Å²) in [5.41, 5.74) is 0.292. The number of carbonyl (C=O) groups excluding carboxylic acids is 1. The number of halogens is 1. The molecule has 0 saturated carbocycles.